The minimum atomic E-state index is 0.499. The summed E-state index contributed by atoms with van der Waals surface area (Å²) in [6.07, 6.45) is 6.14. The van der Waals surface area contributed by atoms with Gasteiger partial charge < -0.3 is 33.2 Å². The third-order valence-electron chi connectivity index (χ3n) is 9.00. The Bertz CT molecular complexity index is 3060. The van der Waals surface area contributed by atoms with E-state index >= 15 is 0 Å². The minimum absolute atomic E-state index is 0.499. The van der Waals surface area contributed by atoms with E-state index in [1.807, 2.05) is 42.5 Å². The number of hydrogen-bond acceptors (Lipinski definition) is 15. The topological polar surface area (TPSA) is 211 Å². The van der Waals surface area contributed by atoms with E-state index in [0.717, 1.165) is 43.8 Å². The van der Waals surface area contributed by atoms with Gasteiger partial charge >= 0.3 is 0 Å². The van der Waals surface area contributed by atoms with Crippen LogP contribution in [0.4, 0.5) is 0 Å². The van der Waals surface area contributed by atoms with Crippen LogP contribution in [0.1, 0.15) is 22.3 Å². The van der Waals surface area contributed by atoms with Crippen molar-refractivity contribution < 1.29 is 33.2 Å². The molecule has 8 rings (SSSR count). The van der Waals surface area contributed by atoms with E-state index < -0.39 is 0 Å². The van der Waals surface area contributed by atoms with E-state index in [-0.39, 0.29) is 0 Å². The fourth-order valence-electron chi connectivity index (χ4n) is 5.90. The summed E-state index contributed by atoms with van der Waals surface area (Å²) < 4.78 is 36.2. The fraction of sp³-hybridized carbons (Fsp3) is 0.149. The van der Waals surface area contributed by atoms with Crippen LogP contribution in [0.3, 0.4) is 0 Å². The molecule has 308 valence electrons. The van der Waals surface area contributed by atoms with Crippen LogP contribution in [0.5, 0.6) is 40.2 Å². The molecule has 0 radical (unpaired) electrons. The van der Waals surface area contributed by atoms with Crippen molar-refractivity contribution in [1.29, 1.82) is 21.0 Å². The van der Waals surface area contributed by atoms with Crippen LogP contribution < -0.4 is 33.2 Å². The molecule has 4 aromatic heterocycles. The van der Waals surface area contributed by atoms with Crippen LogP contribution >= 0.6 is 0 Å². The first-order valence-electron chi connectivity index (χ1n) is 18.3. The maximum atomic E-state index is 8.83. The number of methoxy groups -OCH3 is 7. The molecule has 15 nitrogen and oxygen atoms in total. The van der Waals surface area contributed by atoms with Crippen LogP contribution in [0.25, 0.3) is 43.6 Å². The Morgan fingerprint density at radius 3 is 1.39 bits per heavy atom. The number of hydrogen-bond donors (Lipinski definition) is 0. The van der Waals surface area contributed by atoms with Gasteiger partial charge in [0, 0.05) is 70.6 Å². The van der Waals surface area contributed by atoms with Crippen molar-refractivity contribution >= 4 is 43.6 Å². The molecule has 15 heteroatoms. The second-order valence-electron chi connectivity index (χ2n) is 12.6. The Kier molecular flexibility index (Phi) is 15.1. The van der Waals surface area contributed by atoms with Crippen molar-refractivity contribution in [2.45, 2.75) is 0 Å². The van der Waals surface area contributed by atoms with E-state index in [1.54, 1.807) is 104 Å². The molecule has 4 heterocycles. The zero-order chi connectivity index (χ0) is 44.6. The number of aromatic nitrogens is 4. The average Bonchev–Trinajstić information content (AvgIpc) is 3.34. The summed E-state index contributed by atoms with van der Waals surface area (Å²) in [4.78, 5) is 16.7. The molecular weight excluding hydrogens is 789 g/mol. The van der Waals surface area contributed by atoms with Gasteiger partial charge in [-0.1, -0.05) is 0 Å². The molecule has 0 aliphatic rings. The maximum Gasteiger partial charge on any atom is 0.162 e. The van der Waals surface area contributed by atoms with Gasteiger partial charge in [0.15, 0.2) is 11.5 Å². The van der Waals surface area contributed by atoms with Gasteiger partial charge in [0.05, 0.1) is 88.6 Å². The SMILES string of the molecule is COc1cc(OC)c2cc(C#N)cnc2c1.COc1cc2cc(C#N)cnc2cc1OC.COc1ccc(OC)c2ncc(C#N)cc12.COc1ccc2cc(C#N)cnc2c1. The predicted molar refractivity (Wildman–Crippen MR) is 232 cm³/mol. The number of fused-ring (bicyclic) bond motifs is 4. The lowest BCUT2D eigenvalue weighted by molar-refractivity contribution is 0.356. The Labute approximate surface area is 357 Å². The van der Waals surface area contributed by atoms with Gasteiger partial charge in [-0.2, -0.15) is 21.0 Å². The van der Waals surface area contributed by atoms with Crippen molar-refractivity contribution in [2.75, 3.05) is 49.8 Å². The van der Waals surface area contributed by atoms with Gasteiger partial charge in [-0.15, -0.1) is 0 Å². The van der Waals surface area contributed by atoms with Gasteiger partial charge in [0.25, 0.3) is 0 Å². The standard InChI is InChI=1S/3C12H10N2O2.C11H8N2O/c1-15-9-4-11-10(12(5-9)16-2)3-8(6-13)7-14-11;1-15-11-4-9-3-8(6-13)7-14-10(9)5-12(11)16-2;1-15-10-3-4-11(16-2)12-9(10)5-8(6-13)7-14-12;1-14-10-3-2-9-4-8(6-12)7-13-11(9)5-10/h3*3-5,7H,1-2H3;2-5,7H,1H3. The Morgan fingerprint density at radius 1 is 0.355 bits per heavy atom. The number of nitriles is 4. The van der Waals surface area contributed by atoms with Gasteiger partial charge in [-0.3, -0.25) is 19.9 Å². The van der Waals surface area contributed by atoms with Crippen LogP contribution in [0.15, 0.2) is 104 Å². The summed E-state index contributed by atoms with van der Waals surface area (Å²) in [6, 6.07) is 31.6. The van der Waals surface area contributed by atoms with Gasteiger partial charge in [0.2, 0.25) is 0 Å². The largest absolute Gasteiger partial charge is 0.497 e. The van der Waals surface area contributed by atoms with Crippen LogP contribution in [-0.2, 0) is 0 Å². The van der Waals surface area contributed by atoms with Gasteiger partial charge in [0.1, 0.15) is 58.5 Å². The Hall–Kier alpha value is -8.92. The molecule has 62 heavy (non-hydrogen) atoms. The van der Waals surface area contributed by atoms with Gasteiger partial charge in [-0.25, -0.2) is 0 Å². The van der Waals surface area contributed by atoms with Crippen molar-refractivity contribution in [2.24, 2.45) is 0 Å². The predicted octanol–water partition coefficient (Wildman–Crippen LogP) is 8.49. The second kappa shape index (κ2) is 21.2. The summed E-state index contributed by atoms with van der Waals surface area (Å²) in [5.74, 6) is 4.72. The number of rotatable bonds is 7. The zero-order valence-electron chi connectivity index (χ0n) is 34.8. The lowest BCUT2D eigenvalue weighted by Crippen LogP contribution is -1.92. The lowest BCUT2D eigenvalue weighted by Gasteiger charge is -2.08. The van der Waals surface area contributed by atoms with Crippen molar-refractivity contribution in [1.82, 2.24) is 19.9 Å². The molecule has 0 saturated carbocycles. The highest BCUT2D eigenvalue weighted by Crippen LogP contribution is 2.33. The Morgan fingerprint density at radius 2 is 0.823 bits per heavy atom. The molecule has 0 atom stereocenters. The number of pyridine rings is 4. The van der Waals surface area contributed by atoms with Gasteiger partial charge in [-0.05, 0) is 54.6 Å². The third-order valence-corrected chi connectivity index (χ3v) is 9.00. The molecule has 0 aliphatic carbocycles. The van der Waals surface area contributed by atoms with E-state index in [0.29, 0.717) is 62.3 Å². The summed E-state index contributed by atoms with van der Waals surface area (Å²) >= 11 is 0. The zero-order valence-corrected chi connectivity index (χ0v) is 34.8. The van der Waals surface area contributed by atoms with Crippen LogP contribution in [-0.4, -0.2) is 69.7 Å². The molecule has 0 bridgehead atoms. The fourth-order valence-corrected chi connectivity index (χ4v) is 5.90. The first-order chi connectivity index (χ1) is 30.2. The van der Waals surface area contributed by atoms with E-state index in [9.17, 15) is 0 Å². The third kappa shape index (κ3) is 10.4. The quantitative estimate of drug-likeness (QED) is 0.147. The number of ether oxygens (including phenoxy) is 7. The number of benzene rings is 4. The summed E-state index contributed by atoms with van der Waals surface area (Å²) in [6.45, 7) is 0. The minimum Gasteiger partial charge on any atom is -0.497 e. The number of nitrogens with zero attached hydrogens (tertiary/aromatic N) is 8. The monoisotopic (exact) mass is 826 g/mol. The molecule has 0 aliphatic heterocycles. The van der Waals surface area contributed by atoms with E-state index in [2.05, 4.69) is 32.1 Å². The molecule has 0 unspecified atom stereocenters. The van der Waals surface area contributed by atoms with Crippen LogP contribution in [0.2, 0.25) is 0 Å². The summed E-state index contributed by atoms with van der Waals surface area (Å²) in [7, 11) is 11.1. The molecule has 0 fully saturated rings. The molecule has 4 aromatic carbocycles. The maximum absolute atomic E-state index is 8.83. The van der Waals surface area contributed by atoms with Crippen molar-refractivity contribution in [3.05, 3.63) is 126 Å². The summed E-state index contributed by atoms with van der Waals surface area (Å²) in [5, 5.41) is 38.5. The first kappa shape index (κ1) is 44.2. The second-order valence-corrected chi connectivity index (χ2v) is 12.6. The molecule has 0 saturated heterocycles. The van der Waals surface area contributed by atoms with Crippen molar-refractivity contribution in [3.8, 4) is 64.5 Å². The molecule has 0 spiro atoms. The molecule has 0 amide bonds. The first-order valence-corrected chi connectivity index (χ1v) is 18.3. The average molecular weight is 827 g/mol. The molecule has 0 N–H and O–H groups in total. The normalized spacial score (nSPS) is 9.79. The van der Waals surface area contributed by atoms with E-state index in [1.165, 1.54) is 18.6 Å². The van der Waals surface area contributed by atoms with E-state index in [4.69, 9.17) is 54.2 Å². The Balaban J connectivity index is 0.000000156. The highest BCUT2D eigenvalue weighted by molar-refractivity contribution is 5.91. The highest BCUT2D eigenvalue weighted by atomic mass is 16.5. The molecule has 8 aromatic rings. The molecular formula is C47H38N8O7. The summed E-state index contributed by atoms with van der Waals surface area (Å²) in [5.41, 5.74) is 5.16. The van der Waals surface area contributed by atoms with Crippen LogP contribution in [0, 0.1) is 45.3 Å². The lowest BCUT2D eigenvalue weighted by atomic mass is 10.1. The van der Waals surface area contributed by atoms with Crippen molar-refractivity contribution in [3.63, 3.8) is 0 Å². The smallest absolute Gasteiger partial charge is 0.162 e. The highest BCUT2D eigenvalue weighted by Gasteiger charge is 2.10.